The maximum Gasteiger partial charge on any atom is 0.413 e. The molecule has 0 aliphatic heterocycles. The van der Waals surface area contributed by atoms with Crippen molar-refractivity contribution in [2.24, 2.45) is 0 Å². The summed E-state index contributed by atoms with van der Waals surface area (Å²) in [4.78, 5) is -0.323. The van der Waals surface area contributed by atoms with Crippen LogP contribution in [0.3, 0.4) is 0 Å². The number of alkyl halides is 3. The molecule has 0 saturated carbocycles. The molecule has 0 fully saturated rings. The highest BCUT2D eigenvalue weighted by molar-refractivity contribution is 7.87. The lowest BCUT2D eigenvalue weighted by Crippen LogP contribution is -2.20. The lowest BCUT2D eigenvalue weighted by molar-refractivity contribution is -0.152. The van der Waals surface area contributed by atoms with Crippen LogP contribution in [0.1, 0.15) is 6.92 Å². The van der Waals surface area contributed by atoms with Gasteiger partial charge in [-0.2, -0.15) is 21.6 Å². The fraction of sp³-hybridized carbons (Fsp3) is 0.286. The standard InChI is InChI=1S/C14H13F3O4S/c1-2-20-12-7-8-13(11-6-4-3-5-10(11)12)22(18,19)21-9-14(15,16)17/h3-8H,2,9H2,1H3. The van der Waals surface area contributed by atoms with Crippen LogP contribution < -0.4 is 4.74 Å². The van der Waals surface area contributed by atoms with Crippen molar-refractivity contribution in [2.45, 2.75) is 18.0 Å². The quantitative estimate of drug-likeness (QED) is 0.785. The number of fused-ring (bicyclic) bond motifs is 1. The van der Waals surface area contributed by atoms with Crippen LogP contribution in [0, 0.1) is 0 Å². The summed E-state index contributed by atoms with van der Waals surface area (Å²) >= 11 is 0. The van der Waals surface area contributed by atoms with Gasteiger partial charge in [-0.3, -0.25) is 4.18 Å². The molecular formula is C14H13F3O4S. The van der Waals surface area contributed by atoms with E-state index in [1.807, 2.05) is 0 Å². The van der Waals surface area contributed by atoms with Crippen LogP contribution in [0.25, 0.3) is 10.8 Å². The Kier molecular flexibility index (Phi) is 4.62. The van der Waals surface area contributed by atoms with Crippen LogP contribution in [-0.4, -0.2) is 27.8 Å². The van der Waals surface area contributed by atoms with E-state index in [2.05, 4.69) is 4.18 Å². The molecule has 0 spiro atoms. The van der Waals surface area contributed by atoms with E-state index < -0.39 is 22.9 Å². The van der Waals surface area contributed by atoms with Gasteiger partial charge in [-0.05, 0) is 19.1 Å². The zero-order chi connectivity index (χ0) is 16.4. The van der Waals surface area contributed by atoms with Crippen LogP contribution in [0.2, 0.25) is 0 Å². The molecular weight excluding hydrogens is 321 g/mol. The number of rotatable bonds is 5. The Labute approximate surface area is 125 Å². The molecule has 0 atom stereocenters. The van der Waals surface area contributed by atoms with Gasteiger partial charge in [-0.15, -0.1) is 0 Å². The van der Waals surface area contributed by atoms with Gasteiger partial charge in [0.1, 0.15) is 10.6 Å². The van der Waals surface area contributed by atoms with Crippen LogP contribution in [0.5, 0.6) is 5.75 Å². The molecule has 0 amide bonds. The van der Waals surface area contributed by atoms with E-state index in [-0.39, 0.29) is 10.3 Å². The minimum absolute atomic E-state index is 0.246. The minimum atomic E-state index is -4.73. The van der Waals surface area contributed by atoms with Crippen molar-refractivity contribution in [1.29, 1.82) is 0 Å². The topological polar surface area (TPSA) is 52.6 Å². The molecule has 8 heteroatoms. The van der Waals surface area contributed by atoms with Crippen molar-refractivity contribution in [3.05, 3.63) is 36.4 Å². The van der Waals surface area contributed by atoms with Gasteiger partial charge in [0.15, 0.2) is 6.61 Å². The molecule has 22 heavy (non-hydrogen) atoms. The predicted molar refractivity (Wildman–Crippen MR) is 74.3 cm³/mol. The highest BCUT2D eigenvalue weighted by Gasteiger charge is 2.32. The van der Waals surface area contributed by atoms with E-state index >= 15 is 0 Å². The average Bonchev–Trinajstić information content (AvgIpc) is 2.45. The van der Waals surface area contributed by atoms with Crippen molar-refractivity contribution in [2.75, 3.05) is 13.2 Å². The van der Waals surface area contributed by atoms with Crippen molar-refractivity contribution in [3.8, 4) is 5.75 Å². The van der Waals surface area contributed by atoms with Crippen LogP contribution >= 0.6 is 0 Å². The molecule has 0 radical (unpaired) electrons. The van der Waals surface area contributed by atoms with Crippen LogP contribution in [0.15, 0.2) is 41.3 Å². The smallest absolute Gasteiger partial charge is 0.413 e. The molecule has 0 aliphatic carbocycles. The molecule has 0 saturated heterocycles. The molecule has 0 aromatic heterocycles. The molecule has 4 nitrogen and oxygen atoms in total. The zero-order valence-corrected chi connectivity index (χ0v) is 12.4. The second-order valence-corrected chi connectivity index (χ2v) is 5.96. The lowest BCUT2D eigenvalue weighted by Gasteiger charge is -2.13. The Hall–Kier alpha value is -1.80. The number of benzene rings is 2. The van der Waals surface area contributed by atoms with E-state index in [0.717, 1.165) is 0 Å². The highest BCUT2D eigenvalue weighted by atomic mass is 32.2. The fourth-order valence-corrected chi connectivity index (χ4v) is 3.05. The summed E-state index contributed by atoms with van der Waals surface area (Å²) in [5.41, 5.74) is 0. The van der Waals surface area contributed by atoms with Crippen LogP contribution in [0.4, 0.5) is 13.2 Å². The summed E-state index contributed by atoms with van der Waals surface area (Å²) < 4.78 is 70.0. The fourth-order valence-electron chi connectivity index (χ4n) is 1.95. The maximum atomic E-state index is 12.2. The molecule has 120 valence electrons. The van der Waals surface area contributed by atoms with E-state index in [9.17, 15) is 21.6 Å². The Morgan fingerprint density at radius 2 is 1.68 bits per heavy atom. The molecule has 0 aliphatic rings. The molecule has 2 rings (SSSR count). The number of ether oxygens (including phenoxy) is 1. The minimum Gasteiger partial charge on any atom is -0.493 e. The summed E-state index contributed by atoms with van der Waals surface area (Å²) in [5, 5.41) is 0.733. The third kappa shape index (κ3) is 3.69. The summed E-state index contributed by atoms with van der Waals surface area (Å²) in [7, 11) is -4.53. The largest absolute Gasteiger partial charge is 0.493 e. The van der Waals surface area contributed by atoms with Gasteiger partial charge in [0.25, 0.3) is 10.1 Å². The van der Waals surface area contributed by atoms with Crippen molar-refractivity contribution in [3.63, 3.8) is 0 Å². The second-order valence-electron chi connectivity index (χ2n) is 4.37. The summed E-state index contributed by atoms with van der Waals surface area (Å²) in [6.45, 7) is 0.281. The Morgan fingerprint density at radius 3 is 2.27 bits per heavy atom. The maximum absolute atomic E-state index is 12.2. The first-order chi connectivity index (χ1) is 10.2. The van der Waals surface area contributed by atoms with E-state index in [1.54, 1.807) is 25.1 Å². The van der Waals surface area contributed by atoms with Crippen LogP contribution in [-0.2, 0) is 14.3 Å². The first-order valence-electron chi connectivity index (χ1n) is 6.35. The van der Waals surface area contributed by atoms with E-state index in [4.69, 9.17) is 4.74 Å². The molecule has 2 aromatic carbocycles. The normalized spacial score (nSPS) is 12.5. The number of hydrogen-bond acceptors (Lipinski definition) is 4. The Morgan fingerprint density at radius 1 is 1.05 bits per heavy atom. The van der Waals surface area contributed by atoms with Gasteiger partial charge < -0.3 is 4.74 Å². The van der Waals surface area contributed by atoms with Crippen molar-refractivity contribution in [1.82, 2.24) is 0 Å². The highest BCUT2D eigenvalue weighted by Crippen LogP contribution is 2.32. The monoisotopic (exact) mass is 334 g/mol. The first-order valence-corrected chi connectivity index (χ1v) is 7.76. The number of halogens is 3. The van der Waals surface area contributed by atoms with Gasteiger partial charge in [-0.25, -0.2) is 0 Å². The Bertz CT molecular complexity index is 769. The SMILES string of the molecule is CCOc1ccc(S(=O)(=O)OCC(F)(F)F)c2ccccc12. The third-order valence-corrected chi connectivity index (χ3v) is 4.11. The summed E-state index contributed by atoms with van der Waals surface area (Å²) in [6.07, 6.45) is -4.73. The van der Waals surface area contributed by atoms with E-state index in [0.29, 0.717) is 17.7 Å². The Balaban J connectivity index is 2.50. The zero-order valence-electron chi connectivity index (χ0n) is 11.6. The molecule has 0 heterocycles. The van der Waals surface area contributed by atoms with Gasteiger partial charge in [0.2, 0.25) is 0 Å². The molecule has 0 bridgehead atoms. The van der Waals surface area contributed by atoms with Gasteiger partial charge in [0.05, 0.1) is 6.61 Å². The third-order valence-electron chi connectivity index (χ3n) is 2.79. The van der Waals surface area contributed by atoms with Gasteiger partial charge >= 0.3 is 6.18 Å². The summed E-state index contributed by atoms with van der Waals surface area (Å²) in [5.74, 6) is 0.452. The molecule has 2 aromatic rings. The lowest BCUT2D eigenvalue weighted by atomic mass is 10.1. The van der Waals surface area contributed by atoms with Gasteiger partial charge in [0, 0.05) is 10.8 Å². The van der Waals surface area contributed by atoms with Crippen molar-refractivity contribution < 1.29 is 30.5 Å². The number of hydrogen-bond donors (Lipinski definition) is 0. The second kappa shape index (κ2) is 6.13. The van der Waals surface area contributed by atoms with Crippen molar-refractivity contribution >= 4 is 20.9 Å². The predicted octanol–water partition coefficient (Wildman–Crippen LogP) is 3.51. The first kappa shape index (κ1) is 16.6. The average molecular weight is 334 g/mol. The molecule has 0 N–H and O–H groups in total. The van der Waals surface area contributed by atoms with Gasteiger partial charge in [-0.1, -0.05) is 24.3 Å². The van der Waals surface area contributed by atoms with E-state index in [1.165, 1.54) is 18.2 Å². The summed E-state index contributed by atoms with van der Waals surface area (Å²) in [6, 6.07) is 8.96. The molecule has 0 unspecified atom stereocenters.